The number of ether oxygens (including phenoxy) is 1. The summed E-state index contributed by atoms with van der Waals surface area (Å²) in [6.07, 6.45) is 1.51. The van der Waals surface area contributed by atoms with Crippen molar-refractivity contribution in [1.29, 1.82) is 0 Å². The van der Waals surface area contributed by atoms with Gasteiger partial charge in [0.2, 0.25) is 5.91 Å². The van der Waals surface area contributed by atoms with E-state index in [9.17, 15) is 9.59 Å². The molecular weight excluding hydrogens is 346 g/mol. The van der Waals surface area contributed by atoms with E-state index in [1.54, 1.807) is 4.90 Å². The smallest absolute Gasteiger partial charge is 0.320 e. The number of carbonyl (C=O) groups is 2. The summed E-state index contributed by atoms with van der Waals surface area (Å²) >= 11 is 2.94. The van der Waals surface area contributed by atoms with Crippen LogP contribution in [0, 0.1) is 0 Å². The molecule has 1 aromatic carbocycles. The van der Waals surface area contributed by atoms with Gasteiger partial charge in [-0.2, -0.15) is 0 Å². The van der Waals surface area contributed by atoms with Crippen molar-refractivity contribution in [2.24, 2.45) is 0 Å². The Kier molecular flexibility index (Phi) is 5.57. The van der Waals surface area contributed by atoms with E-state index in [-0.39, 0.29) is 17.1 Å². The van der Waals surface area contributed by atoms with Gasteiger partial charge in [-0.25, -0.2) is 9.97 Å². The molecule has 6 nitrogen and oxygen atoms in total. The van der Waals surface area contributed by atoms with E-state index in [2.05, 4.69) is 9.97 Å². The van der Waals surface area contributed by atoms with Gasteiger partial charge >= 0.3 is 5.97 Å². The number of hydrogen-bond donors (Lipinski definition) is 0. The van der Waals surface area contributed by atoms with Crippen LogP contribution in [0.2, 0.25) is 0 Å². The fraction of sp³-hybridized carbons (Fsp3) is 0.375. The van der Waals surface area contributed by atoms with Crippen molar-refractivity contribution in [3.05, 3.63) is 30.6 Å². The van der Waals surface area contributed by atoms with Crippen molar-refractivity contribution in [1.82, 2.24) is 14.9 Å². The number of aromatic nitrogens is 2. The summed E-state index contributed by atoms with van der Waals surface area (Å²) in [6, 6.07) is 7.73. The summed E-state index contributed by atoms with van der Waals surface area (Å²) in [6.45, 7) is 1.06. The zero-order valence-corrected chi connectivity index (χ0v) is 14.8. The third kappa shape index (κ3) is 3.81. The molecule has 24 heavy (non-hydrogen) atoms. The first-order valence-electron chi connectivity index (χ1n) is 7.49. The molecule has 1 aliphatic heterocycles. The van der Waals surface area contributed by atoms with Crippen molar-refractivity contribution in [2.45, 2.75) is 10.3 Å². The van der Waals surface area contributed by atoms with Crippen LogP contribution >= 0.6 is 23.5 Å². The van der Waals surface area contributed by atoms with Crippen molar-refractivity contribution >= 4 is 46.3 Å². The van der Waals surface area contributed by atoms with Crippen LogP contribution in [-0.2, 0) is 14.3 Å². The molecule has 1 atom stereocenters. The minimum atomic E-state index is -0.294. The van der Waals surface area contributed by atoms with Gasteiger partial charge in [-0.15, -0.1) is 11.8 Å². The fourth-order valence-electron chi connectivity index (χ4n) is 2.47. The highest BCUT2D eigenvalue weighted by molar-refractivity contribution is 8.00. The molecule has 0 N–H and O–H groups in total. The van der Waals surface area contributed by atoms with Gasteiger partial charge in [-0.05, 0) is 6.07 Å². The Balaban J connectivity index is 1.63. The first-order chi connectivity index (χ1) is 11.7. The summed E-state index contributed by atoms with van der Waals surface area (Å²) in [5.74, 6) is 0.774. The van der Waals surface area contributed by atoms with Crippen LogP contribution < -0.4 is 0 Å². The third-order valence-electron chi connectivity index (χ3n) is 3.72. The van der Waals surface area contributed by atoms with Gasteiger partial charge < -0.3 is 9.64 Å². The van der Waals surface area contributed by atoms with Gasteiger partial charge in [0, 0.05) is 24.2 Å². The lowest BCUT2D eigenvalue weighted by Gasteiger charge is -2.30. The standard InChI is InChI=1S/C16H17N3O3S2/c1-22-16(21)13-8-19(6-7-23-13)14(20)9-24-15-11-4-2-3-5-12(11)17-10-18-15/h2-5,10,13H,6-9H2,1H3/t13-/m1/s1. The van der Waals surface area contributed by atoms with Crippen LogP contribution in [0.1, 0.15) is 0 Å². The number of benzene rings is 1. The predicted octanol–water partition coefficient (Wildman–Crippen LogP) is 1.84. The average molecular weight is 363 g/mol. The van der Waals surface area contributed by atoms with Crippen molar-refractivity contribution in [3.8, 4) is 0 Å². The van der Waals surface area contributed by atoms with Crippen molar-refractivity contribution in [2.75, 3.05) is 31.7 Å². The fourth-order valence-corrected chi connectivity index (χ4v) is 4.49. The molecule has 1 amide bonds. The molecule has 1 aliphatic rings. The molecule has 2 heterocycles. The van der Waals surface area contributed by atoms with Crippen molar-refractivity contribution in [3.63, 3.8) is 0 Å². The van der Waals surface area contributed by atoms with Gasteiger partial charge in [-0.3, -0.25) is 9.59 Å². The lowest BCUT2D eigenvalue weighted by molar-refractivity contribution is -0.141. The van der Waals surface area contributed by atoms with E-state index in [4.69, 9.17) is 4.74 Å². The molecule has 126 valence electrons. The monoisotopic (exact) mass is 363 g/mol. The zero-order valence-electron chi connectivity index (χ0n) is 13.2. The maximum Gasteiger partial charge on any atom is 0.320 e. The first kappa shape index (κ1) is 17.0. The molecule has 1 saturated heterocycles. The summed E-state index contributed by atoms with van der Waals surface area (Å²) in [7, 11) is 1.37. The number of hydrogen-bond acceptors (Lipinski definition) is 7. The number of methoxy groups -OCH3 is 1. The van der Waals surface area contributed by atoms with Crippen molar-refractivity contribution < 1.29 is 14.3 Å². The molecule has 0 radical (unpaired) electrons. The van der Waals surface area contributed by atoms with E-state index in [0.29, 0.717) is 18.8 Å². The van der Waals surface area contributed by atoms with Crippen LogP contribution in [0.4, 0.5) is 0 Å². The van der Waals surface area contributed by atoms with E-state index in [0.717, 1.165) is 21.7 Å². The normalized spacial score (nSPS) is 17.7. The van der Waals surface area contributed by atoms with Crippen LogP contribution in [0.5, 0.6) is 0 Å². The Bertz CT molecular complexity index is 751. The molecule has 1 aromatic heterocycles. The number of para-hydroxylation sites is 1. The highest BCUT2D eigenvalue weighted by Crippen LogP contribution is 2.25. The highest BCUT2D eigenvalue weighted by atomic mass is 32.2. The molecule has 1 fully saturated rings. The second-order valence-electron chi connectivity index (χ2n) is 5.21. The average Bonchev–Trinajstić information content (AvgIpc) is 2.65. The van der Waals surface area contributed by atoms with Gasteiger partial charge in [-0.1, -0.05) is 30.0 Å². The molecule has 3 rings (SSSR count). The van der Waals surface area contributed by atoms with Gasteiger partial charge in [0.1, 0.15) is 16.6 Å². The molecule has 0 unspecified atom stereocenters. The Hall–Kier alpha value is -1.80. The van der Waals surface area contributed by atoms with E-state index >= 15 is 0 Å². The third-order valence-corrected chi connectivity index (χ3v) is 5.87. The number of thioether (sulfide) groups is 2. The Labute approximate surface area is 148 Å². The molecule has 0 spiro atoms. The van der Waals surface area contributed by atoms with E-state index in [1.807, 2.05) is 24.3 Å². The number of esters is 1. The maximum atomic E-state index is 12.5. The minimum absolute atomic E-state index is 0.0110. The number of nitrogens with zero attached hydrogens (tertiary/aromatic N) is 3. The Morgan fingerprint density at radius 1 is 1.38 bits per heavy atom. The van der Waals surface area contributed by atoms with E-state index in [1.165, 1.54) is 37.0 Å². The molecule has 8 heteroatoms. The van der Waals surface area contributed by atoms with Crippen LogP contribution in [-0.4, -0.2) is 63.7 Å². The number of amides is 1. The summed E-state index contributed by atoms with van der Waals surface area (Å²) < 4.78 is 4.78. The lowest BCUT2D eigenvalue weighted by atomic mass is 10.2. The SMILES string of the molecule is COC(=O)[C@H]1CN(C(=O)CSc2ncnc3ccccc23)CCS1. The molecule has 0 saturated carbocycles. The van der Waals surface area contributed by atoms with E-state index < -0.39 is 0 Å². The van der Waals surface area contributed by atoms with Gasteiger partial charge in [0.15, 0.2) is 0 Å². The van der Waals surface area contributed by atoms with Crippen LogP contribution in [0.25, 0.3) is 10.9 Å². The first-order valence-corrected chi connectivity index (χ1v) is 9.52. The quantitative estimate of drug-likeness (QED) is 0.466. The second kappa shape index (κ2) is 7.85. The zero-order chi connectivity index (χ0) is 16.9. The minimum Gasteiger partial charge on any atom is -0.468 e. The highest BCUT2D eigenvalue weighted by Gasteiger charge is 2.29. The molecule has 0 bridgehead atoms. The largest absolute Gasteiger partial charge is 0.468 e. The second-order valence-corrected chi connectivity index (χ2v) is 7.48. The molecular formula is C16H17N3O3S2. The molecule has 2 aromatic rings. The maximum absolute atomic E-state index is 12.5. The predicted molar refractivity (Wildman–Crippen MR) is 95.1 cm³/mol. The summed E-state index contributed by atoms with van der Waals surface area (Å²) in [5.41, 5.74) is 0.863. The van der Waals surface area contributed by atoms with Crippen LogP contribution in [0.3, 0.4) is 0 Å². The Morgan fingerprint density at radius 3 is 3.04 bits per heavy atom. The topological polar surface area (TPSA) is 72.4 Å². The van der Waals surface area contributed by atoms with Gasteiger partial charge in [0.25, 0.3) is 0 Å². The summed E-state index contributed by atoms with van der Waals surface area (Å²) in [4.78, 5) is 34.4. The number of carbonyl (C=O) groups excluding carboxylic acids is 2. The van der Waals surface area contributed by atoms with Crippen LogP contribution in [0.15, 0.2) is 35.6 Å². The number of rotatable bonds is 4. The lowest BCUT2D eigenvalue weighted by Crippen LogP contribution is -2.45. The Morgan fingerprint density at radius 2 is 2.21 bits per heavy atom. The number of fused-ring (bicyclic) bond motifs is 1. The summed E-state index contributed by atoms with van der Waals surface area (Å²) in [5, 5.41) is 1.45. The molecule has 0 aliphatic carbocycles. The van der Waals surface area contributed by atoms with Gasteiger partial charge in [0.05, 0.1) is 18.4 Å².